The van der Waals surface area contributed by atoms with Crippen LogP contribution in [0.3, 0.4) is 0 Å². The van der Waals surface area contributed by atoms with Crippen molar-refractivity contribution in [3.8, 4) is 0 Å². The highest BCUT2D eigenvalue weighted by Gasteiger charge is 2.18. The Morgan fingerprint density at radius 3 is 2.93 bits per heavy atom. The minimum Gasteiger partial charge on any atom is -0.463 e. The van der Waals surface area contributed by atoms with Crippen LogP contribution >= 0.6 is 0 Å². The normalized spacial score (nSPS) is 24.3. The highest BCUT2D eigenvalue weighted by Crippen LogP contribution is 2.13. The van der Waals surface area contributed by atoms with Crippen molar-refractivity contribution in [3.63, 3.8) is 0 Å². The molecule has 0 aliphatic carbocycles. The fourth-order valence-corrected chi connectivity index (χ4v) is 1.42. The predicted octanol–water partition coefficient (Wildman–Crippen LogP) is 2.14. The Kier molecular flexibility index (Phi) is 4.94. The average Bonchev–Trinajstić information content (AvgIpc) is 2.26. The van der Waals surface area contributed by atoms with Crippen molar-refractivity contribution in [2.24, 2.45) is 5.92 Å². The van der Waals surface area contributed by atoms with Gasteiger partial charge in [-0.15, -0.1) is 0 Å². The molecular formula is C11H20O3. The zero-order valence-corrected chi connectivity index (χ0v) is 9.12. The Morgan fingerprint density at radius 1 is 1.57 bits per heavy atom. The fraction of sp³-hybridized carbons (Fsp3) is 0.909. The summed E-state index contributed by atoms with van der Waals surface area (Å²) in [5.41, 5.74) is 0. The standard InChI is InChI=1S/C11H20O3/c1-3-9(2)11(12)14-8-10-6-4-5-7-13-10/h9-10H,3-8H2,1-2H3. The number of carbonyl (C=O) groups excluding carboxylic acids is 1. The summed E-state index contributed by atoms with van der Waals surface area (Å²) in [6, 6.07) is 0. The molecule has 82 valence electrons. The Balaban J connectivity index is 2.15. The molecule has 0 aromatic carbocycles. The quantitative estimate of drug-likeness (QED) is 0.652. The Bertz CT molecular complexity index is 173. The molecule has 0 amide bonds. The molecule has 1 heterocycles. The lowest BCUT2D eigenvalue weighted by Crippen LogP contribution is -2.27. The van der Waals surface area contributed by atoms with Crippen LogP contribution in [0, 0.1) is 5.92 Å². The minimum absolute atomic E-state index is 0.0126. The van der Waals surface area contributed by atoms with Gasteiger partial charge in [0.05, 0.1) is 12.0 Å². The average molecular weight is 200 g/mol. The molecule has 14 heavy (non-hydrogen) atoms. The van der Waals surface area contributed by atoms with Crippen molar-refractivity contribution in [1.82, 2.24) is 0 Å². The van der Waals surface area contributed by atoms with E-state index < -0.39 is 0 Å². The van der Waals surface area contributed by atoms with Crippen LogP contribution in [0.25, 0.3) is 0 Å². The van der Waals surface area contributed by atoms with Crippen molar-refractivity contribution in [1.29, 1.82) is 0 Å². The lowest BCUT2D eigenvalue weighted by Gasteiger charge is -2.22. The zero-order chi connectivity index (χ0) is 10.4. The molecule has 0 spiro atoms. The van der Waals surface area contributed by atoms with Crippen molar-refractivity contribution in [2.75, 3.05) is 13.2 Å². The van der Waals surface area contributed by atoms with Crippen LogP contribution < -0.4 is 0 Å². The summed E-state index contributed by atoms with van der Waals surface area (Å²) in [5, 5.41) is 0. The molecule has 1 rings (SSSR count). The molecule has 3 nitrogen and oxygen atoms in total. The number of carbonyl (C=O) groups is 1. The molecule has 0 aromatic heterocycles. The van der Waals surface area contributed by atoms with E-state index in [0.717, 1.165) is 25.9 Å². The molecule has 0 saturated carbocycles. The molecule has 3 heteroatoms. The first-order valence-corrected chi connectivity index (χ1v) is 5.52. The molecule has 2 atom stereocenters. The van der Waals surface area contributed by atoms with Gasteiger partial charge in [-0.05, 0) is 25.7 Å². The van der Waals surface area contributed by atoms with Gasteiger partial charge in [-0.2, -0.15) is 0 Å². The minimum atomic E-state index is -0.0957. The van der Waals surface area contributed by atoms with Crippen LogP contribution in [0.4, 0.5) is 0 Å². The van der Waals surface area contributed by atoms with E-state index in [9.17, 15) is 4.79 Å². The number of rotatable bonds is 4. The van der Waals surface area contributed by atoms with E-state index in [1.807, 2.05) is 13.8 Å². The first-order chi connectivity index (χ1) is 6.74. The number of esters is 1. The molecule has 0 N–H and O–H groups in total. The third-order valence-electron chi connectivity index (χ3n) is 2.70. The van der Waals surface area contributed by atoms with Crippen molar-refractivity contribution < 1.29 is 14.3 Å². The summed E-state index contributed by atoms with van der Waals surface area (Å²) in [4.78, 5) is 11.3. The van der Waals surface area contributed by atoms with Gasteiger partial charge in [-0.1, -0.05) is 13.8 Å². The smallest absolute Gasteiger partial charge is 0.308 e. The highest BCUT2D eigenvalue weighted by molar-refractivity contribution is 5.71. The van der Waals surface area contributed by atoms with Gasteiger partial charge < -0.3 is 9.47 Å². The molecule has 1 aliphatic heterocycles. The summed E-state index contributed by atoms with van der Waals surface area (Å²) in [6.45, 7) is 5.13. The second-order valence-corrected chi connectivity index (χ2v) is 3.93. The summed E-state index contributed by atoms with van der Waals surface area (Å²) >= 11 is 0. The number of hydrogen-bond donors (Lipinski definition) is 0. The van der Waals surface area contributed by atoms with E-state index in [4.69, 9.17) is 9.47 Å². The van der Waals surface area contributed by atoms with E-state index in [1.165, 1.54) is 6.42 Å². The van der Waals surface area contributed by atoms with E-state index in [2.05, 4.69) is 0 Å². The molecule has 1 aliphatic rings. The van der Waals surface area contributed by atoms with Gasteiger partial charge >= 0.3 is 5.97 Å². The molecular weight excluding hydrogens is 180 g/mol. The van der Waals surface area contributed by atoms with Gasteiger partial charge in [0.1, 0.15) is 6.61 Å². The van der Waals surface area contributed by atoms with E-state index in [-0.39, 0.29) is 18.0 Å². The van der Waals surface area contributed by atoms with Crippen molar-refractivity contribution in [2.45, 2.75) is 45.6 Å². The van der Waals surface area contributed by atoms with Gasteiger partial charge in [0.2, 0.25) is 0 Å². The predicted molar refractivity (Wildman–Crippen MR) is 54.0 cm³/mol. The topological polar surface area (TPSA) is 35.5 Å². The summed E-state index contributed by atoms with van der Waals surface area (Å²) < 4.78 is 10.6. The Hall–Kier alpha value is -0.570. The Morgan fingerprint density at radius 2 is 2.36 bits per heavy atom. The van der Waals surface area contributed by atoms with Gasteiger partial charge in [0.15, 0.2) is 0 Å². The maximum Gasteiger partial charge on any atom is 0.308 e. The third-order valence-corrected chi connectivity index (χ3v) is 2.70. The molecule has 1 saturated heterocycles. The summed E-state index contributed by atoms with van der Waals surface area (Å²) in [5.74, 6) is -0.0831. The lowest BCUT2D eigenvalue weighted by molar-refractivity contribution is -0.153. The second-order valence-electron chi connectivity index (χ2n) is 3.93. The van der Waals surface area contributed by atoms with Gasteiger partial charge in [0, 0.05) is 6.61 Å². The van der Waals surface area contributed by atoms with Gasteiger partial charge in [0.25, 0.3) is 0 Å². The maximum absolute atomic E-state index is 11.3. The van der Waals surface area contributed by atoms with Crippen molar-refractivity contribution in [3.05, 3.63) is 0 Å². The highest BCUT2D eigenvalue weighted by atomic mass is 16.6. The van der Waals surface area contributed by atoms with E-state index in [1.54, 1.807) is 0 Å². The summed E-state index contributed by atoms with van der Waals surface area (Å²) in [7, 11) is 0. The second kappa shape index (κ2) is 6.02. The summed E-state index contributed by atoms with van der Waals surface area (Å²) in [6.07, 6.45) is 4.32. The molecule has 0 radical (unpaired) electrons. The van der Waals surface area contributed by atoms with Crippen LogP contribution in [-0.2, 0) is 14.3 Å². The zero-order valence-electron chi connectivity index (χ0n) is 9.12. The largest absolute Gasteiger partial charge is 0.463 e. The van der Waals surface area contributed by atoms with Crippen LogP contribution in [0.5, 0.6) is 0 Å². The van der Waals surface area contributed by atoms with Crippen LogP contribution in [0.2, 0.25) is 0 Å². The first-order valence-electron chi connectivity index (χ1n) is 5.52. The number of ether oxygens (including phenoxy) is 2. The van der Waals surface area contributed by atoms with E-state index >= 15 is 0 Å². The SMILES string of the molecule is CCC(C)C(=O)OCC1CCCCO1. The lowest BCUT2D eigenvalue weighted by atomic mass is 10.1. The third kappa shape index (κ3) is 3.66. The van der Waals surface area contributed by atoms with Crippen molar-refractivity contribution >= 4 is 5.97 Å². The van der Waals surface area contributed by atoms with Gasteiger partial charge in [-0.25, -0.2) is 0 Å². The molecule has 2 unspecified atom stereocenters. The maximum atomic E-state index is 11.3. The molecule has 1 fully saturated rings. The fourth-order valence-electron chi connectivity index (χ4n) is 1.42. The van der Waals surface area contributed by atoms with Crippen LogP contribution in [0.15, 0.2) is 0 Å². The van der Waals surface area contributed by atoms with Crippen LogP contribution in [-0.4, -0.2) is 25.3 Å². The Labute approximate surface area is 85.8 Å². The molecule has 0 bridgehead atoms. The first kappa shape index (κ1) is 11.5. The molecule has 0 aromatic rings. The van der Waals surface area contributed by atoms with E-state index in [0.29, 0.717) is 6.61 Å². The van der Waals surface area contributed by atoms with Gasteiger partial charge in [-0.3, -0.25) is 4.79 Å². The van der Waals surface area contributed by atoms with Crippen LogP contribution in [0.1, 0.15) is 39.5 Å². The monoisotopic (exact) mass is 200 g/mol. The number of hydrogen-bond acceptors (Lipinski definition) is 3.